The highest BCUT2D eigenvalue weighted by Gasteiger charge is 2.38. The number of ether oxygens (including phenoxy) is 1. The highest BCUT2D eigenvalue weighted by Crippen LogP contribution is 2.37. The Bertz CT molecular complexity index is 833. The first-order chi connectivity index (χ1) is 11.9. The maximum Gasteiger partial charge on any atom is 0.307 e. The molecule has 0 N–H and O–H groups in total. The average molecular weight is 407 g/mol. The molecule has 1 atom stereocenters. The smallest absolute Gasteiger partial charge is 0.307 e. The van der Waals surface area contributed by atoms with Crippen LogP contribution in [0.2, 0.25) is 0 Å². The van der Waals surface area contributed by atoms with Crippen molar-refractivity contribution in [2.75, 3.05) is 11.5 Å². The minimum atomic E-state index is -0.318. The molecule has 8 heteroatoms. The molecule has 2 aromatic heterocycles. The predicted molar refractivity (Wildman–Crippen MR) is 96.1 cm³/mol. The summed E-state index contributed by atoms with van der Waals surface area (Å²) in [5.41, 5.74) is 2.31. The SMILES string of the molecule is CCOC(=O)CC1Cn2c(nc(-c3cccc(C)n3)c2Br)N1C(C)=O. The van der Waals surface area contributed by atoms with Crippen LogP contribution in [-0.2, 0) is 20.9 Å². The first-order valence-electron chi connectivity index (χ1n) is 8.07. The van der Waals surface area contributed by atoms with Crippen LogP contribution in [0.25, 0.3) is 11.4 Å². The summed E-state index contributed by atoms with van der Waals surface area (Å²) in [6.45, 7) is 5.95. The van der Waals surface area contributed by atoms with Gasteiger partial charge in [-0.25, -0.2) is 4.98 Å². The molecule has 1 unspecified atom stereocenters. The van der Waals surface area contributed by atoms with Gasteiger partial charge in [-0.2, -0.15) is 0 Å². The molecule has 0 radical (unpaired) electrons. The van der Waals surface area contributed by atoms with Crippen LogP contribution in [0.3, 0.4) is 0 Å². The molecule has 0 aromatic carbocycles. The minimum absolute atomic E-state index is 0.140. The van der Waals surface area contributed by atoms with Gasteiger partial charge in [0.1, 0.15) is 10.3 Å². The molecule has 1 amide bonds. The van der Waals surface area contributed by atoms with Crippen molar-refractivity contribution >= 4 is 33.8 Å². The topological polar surface area (TPSA) is 77.3 Å². The van der Waals surface area contributed by atoms with Crippen molar-refractivity contribution in [3.8, 4) is 11.4 Å². The average Bonchev–Trinajstić information content (AvgIpc) is 3.04. The second-order valence-corrected chi connectivity index (χ2v) is 6.63. The molecule has 25 heavy (non-hydrogen) atoms. The van der Waals surface area contributed by atoms with Gasteiger partial charge in [0.05, 0.1) is 24.8 Å². The van der Waals surface area contributed by atoms with Gasteiger partial charge in [0, 0.05) is 19.2 Å². The van der Waals surface area contributed by atoms with Crippen LogP contribution in [0, 0.1) is 6.92 Å². The van der Waals surface area contributed by atoms with Crippen LogP contribution >= 0.6 is 15.9 Å². The highest BCUT2D eigenvalue weighted by molar-refractivity contribution is 9.10. The van der Waals surface area contributed by atoms with Crippen molar-refractivity contribution in [2.24, 2.45) is 0 Å². The maximum absolute atomic E-state index is 12.2. The van der Waals surface area contributed by atoms with Crippen LogP contribution < -0.4 is 4.90 Å². The molecule has 132 valence electrons. The first-order valence-corrected chi connectivity index (χ1v) is 8.87. The number of imidazole rings is 1. The molecule has 0 bridgehead atoms. The number of amides is 1. The summed E-state index contributed by atoms with van der Waals surface area (Å²) in [6, 6.07) is 5.42. The first kappa shape index (κ1) is 17.6. The van der Waals surface area contributed by atoms with E-state index in [0.717, 1.165) is 16.0 Å². The molecule has 2 aromatic rings. The van der Waals surface area contributed by atoms with E-state index in [4.69, 9.17) is 4.74 Å². The third-order valence-corrected chi connectivity index (χ3v) is 4.84. The monoisotopic (exact) mass is 406 g/mol. The van der Waals surface area contributed by atoms with E-state index in [0.29, 0.717) is 24.8 Å². The van der Waals surface area contributed by atoms with Gasteiger partial charge < -0.3 is 9.30 Å². The Hall–Kier alpha value is -2.22. The molecular weight excluding hydrogens is 388 g/mol. The lowest BCUT2D eigenvalue weighted by Gasteiger charge is -2.20. The summed E-state index contributed by atoms with van der Waals surface area (Å²) in [6.07, 6.45) is 0.140. The lowest BCUT2D eigenvalue weighted by atomic mass is 10.2. The number of anilines is 1. The third-order valence-electron chi connectivity index (χ3n) is 4.04. The Balaban J connectivity index is 1.95. The van der Waals surface area contributed by atoms with Gasteiger partial charge in [0.15, 0.2) is 0 Å². The molecule has 0 aliphatic carbocycles. The Morgan fingerprint density at radius 3 is 2.76 bits per heavy atom. The molecule has 3 heterocycles. The second kappa shape index (κ2) is 6.95. The normalized spacial score (nSPS) is 16.0. The van der Waals surface area contributed by atoms with Crippen LogP contribution in [-0.4, -0.2) is 39.1 Å². The Labute approximate surface area is 154 Å². The van der Waals surface area contributed by atoms with Crippen LogP contribution in [0.15, 0.2) is 22.8 Å². The zero-order valence-electron chi connectivity index (χ0n) is 14.3. The highest BCUT2D eigenvalue weighted by atomic mass is 79.9. The molecule has 3 rings (SSSR count). The summed E-state index contributed by atoms with van der Waals surface area (Å²) in [5, 5.41) is 0. The summed E-state index contributed by atoms with van der Waals surface area (Å²) >= 11 is 3.57. The van der Waals surface area contributed by atoms with E-state index < -0.39 is 0 Å². The van der Waals surface area contributed by atoms with E-state index >= 15 is 0 Å². The molecule has 0 spiro atoms. The number of fused-ring (bicyclic) bond motifs is 1. The largest absolute Gasteiger partial charge is 0.466 e. The molecule has 1 aliphatic rings. The lowest BCUT2D eigenvalue weighted by molar-refractivity contribution is -0.143. The van der Waals surface area contributed by atoms with Crippen molar-refractivity contribution in [3.05, 3.63) is 28.5 Å². The minimum Gasteiger partial charge on any atom is -0.466 e. The Morgan fingerprint density at radius 1 is 1.36 bits per heavy atom. The molecule has 0 saturated heterocycles. The Morgan fingerprint density at radius 2 is 2.12 bits per heavy atom. The molecular formula is C17H19BrN4O3. The van der Waals surface area contributed by atoms with Crippen LogP contribution in [0.1, 0.15) is 26.0 Å². The predicted octanol–water partition coefficient (Wildman–Crippen LogP) is 2.70. The van der Waals surface area contributed by atoms with Crippen molar-refractivity contribution < 1.29 is 14.3 Å². The van der Waals surface area contributed by atoms with Gasteiger partial charge >= 0.3 is 5.97 Å². The quantitative estimate of drug-likeness (QED) is 0.729. The van der Waals surface area contributed by atoms with Crippen molar-refractivity contribution in [2.45, 2.75) is 39.8 Å². The summed E-state index contributed by atoms with van der Waals surface area (Å²) in [4.78, 5) is 34.7. The fourth-order valence-electron chi connectivity index (χ4n) is 3.03. The molecule has 0 fully saturated rings. The number of carbonyl (C=O) groups is 2. The summed E-state index contributed by atoms with van der Waals surface area (Å²) < 4.78 is 7.66. The number of hydrogen-bond acceptors (Lipinski definition) is 5. The van der Waals surface area contributed by atoms with Crippen LogP contribution in [0.5, 0.6) is 0 Å². The van der Waals surface area contributed by atoms with Gasteiger partial charge in [-0.1, -0.05) is 6.07 Å². The van der Waals surface area contributed by atoms with E-state index in [9.17, 15) is 9.59 Å². The summed E-state index contributed by atoms with van der Waals surface area (Å²) in [7, 11) is 0. The van der Waals surface area contributed by atoms with E-state index in [1.807, 2.05) is 29.7 Å². The standard InChI is InChI=1S/C17H19BrN4O3/c1-4-25-14(24)8-12-9-21-16(18)15(13-7-5-6-10(2)19-13)20-17(21)22(12)11(3)23/h5-7,12H,4,8-9H2,1-3H3. The fraction of sp³-hybridized carbons (Fsp3) is 0.412. The van der Waals surface area contributed by atoms with E-state index in [1.54, 1.807) is 11.8 Å². The van der Waals surface area contributed by atoms with E-state index in [1.165, 1.54) is 6.92 Å². The number of pyridine rings is 1. The fourth-order valence-corrected chi connectivity index (χ4v) is 3.62. The molecule has 7 nitrogen and oxygen atoms in total. The van der Waals surface area contributed by atoms with E-state index in [-0.39, 0.29) is 24.3 Å². The van der Waals surface area contributed by atoms with Crippen molar-refractivity contribution in [1.82, 2.24) is 14.5 Å². The number of aromatic nitrogens is 3. The number of halogens is 1. The number of nitrogens with zero attached hydrogens (tertiary/aromatic N) is 4. The van der Waals surface area contributed by atoms with Crippen LogP contribution in [0.4, 0.5) is 5.95 Å². The lowest BCUT2D eigenvalue weighted by Crippen LogP contribution is -2.38. The second-order valence-electron chi connectivity index (χ2n) is 5.88. The van der Waals surface area contributed by atoms with Gasteiger partial charge in [0.25, 0.3) is 0 Å². The third kappa shape index (κ3) is 3.30. The zero-order chi connectivity index (χ0) is 18.1. The number of rotatable bonds is 4. The van der Waals surface area contributed by atoms with Crippen molar-refractivity contribution in [3.63, 3.8) is 0 Å². The van der Waals surface area contributed by atoms with Gasteiger partial charge in [0.2, 0.25) is 11.9 Å². The number of hydrogen-bond donors (Lipinski definition) is 0. The van der Waals surface area contributed by atoms with Crippen molar-refractivity contribution in [1.29, 1.82) is 0 Å². The number of carbonyl (C=O) groups excluding carboxylic acids is 2. The molecule has 1 aliphatic heterocycles. The number of aryl methyl sites for hydroxylation is 1. The Kier molecular flexibility index (Phi) is 4.89. The maximum atomic E-state index is 12.2. The van der Waals surface area contributed by atoms with Gasteiger partial charge in [-0.15, -0.1) is 0 Å². The molecule has 0 saturated carbocycles. The van der Waals surface area contributed by atoms with Gasteiger partial charge in [-0.05, 0) is 41.9 Å². The zero-order valence-corrected chi connectivity index (χ0v) is 15.9. The van der Waals surface area contributed by atoms with Gasteiger partial charge in [-0.3, -0.25) is 19.5 Å². The van der Waals surface area contributed by atoms with E-state index in [2.05, 4.69) is 25.9 Å². The number of esters is 1. The summed E-state index contributed by atoms with van der Waals surface area (Å²) in [5.74, 6) is 0.0440.